The molecule has 0 bridgehead atoms. The predicted molar refractivity (Wildman–Crippen MR) is 106 cm³/mol. The molecule has 0 atom stereocenters. The van der Waals surface area contributed by atoms with Gasteiger partial charge in [-0.15, -0.1) is 11.3 Å². The molecule has 2 aromatic heterocycles. The first-order chi connectivity index (χ1) is 11.4. The summed E-state index contributed by atoms with van der Waals surface area (Å²) in [7, 11) is 0. The van der Waals surface area contributed by atoms with Gasteiger partial charge < -0.3 is 15.1 Å². The molecule has 1 aliphatic rings. The zero-order valence-corrected chi connectivity index (χ0v) is 16.4. The summed E-state index contributed by atoms with van der Waals surface area (Å²) in [6, 6.07) is 2.24. The number of anilines is 1. The Morgan fingerprint density at radius 1 is 1.25 bits per heavy atom. The lowest BCUT2D eigenvalue weighted by molar-refractivity contribution is 0.363. The van der Waals surface area contributed by atoms with Crippen LogP contribution in [0.1, 0.15) is 32.6 Å². The molecule has 1 N–H and O–H groups in total. The number of aryl methyl sites for hydroxylation is 1. The maximum Gasteiger partial charge on any atom is 0.169 e. The van der Waals surface area contributed by atoms with Crippen molar-refractivity contribution in [2.75, 3.05) is 31.1 Å². The number of hydrogen-bond acceptors (Lipinski definition) is 5. The summed E-state index contributed by atoms with van der Waals surface area (Å²) in [5.41, 5.74) is 0.000265. The Hall–Kier alpha value is -1.47. The van der Waals surface area contributed by atoms with Gasteiger partial charge in [-0.2, -0.15) is 0 Å². The number of thiophene rings is 1. The minimum absolute atomic E-state index is 0.000265. The molecule has 0 saturated carbocycles. The monoisotopic (exact) mass is 363 g/mol. The van der Waals surface area contributed by atoms with Gasteiger partial charge in [-0.1, -0.05) is 6.92 Å². The summed E-state index contributed by atoms with van der Waals surface area (Å²) >= 11 is 7.31. The van der Waals surface area contributed by atoms with Crippen LogP contribution in [0.5, 0.6) is 0 Å². The number of hydrogen-bond donors (Lipinski definition) is 1. The van der Waals surface area contributed by atoms with Crippen LogP contribution in [0.3, 0.4) is 0 Å². The van der Waals surface area contributed by atoms with Gasteiger partial charge in [0.25, 0.3) is 0 Å². The Balaban J connectivity index is 1.71. The van der Waals surface area contributed by atoms with Gasteiger partial charge in [0, 0.05) is 36.6 Å². The molecule has 2 aromatic rings. The summed E-state index contributed by atoms with van der Waals surface area (Å²) < 4.78 is 0. The number of aromatic nitrogens is 2. The van der Waals surface area contributed by atoms with E-state index in [4.69, 9.17) is 12.2 Å². The second-order valence-electron chi connectivity index (χ2n) is 7.14. The molecule has 3 rings (SSSR count). The fourth-order valence-electron chi connectivity index (χ4n) is 2.84. The third-order valence-corrected chi connectivity index (χ3v) is 5.60. The third-order valence-electron chi connectivity index (χ3n) is 4.06. The van der Waals surface area contributed by atoms with E-state index in [9.17, 15) is 0 Å². The van der Waals surface area contributed by atoms with Crippen molar-refractivity contribution < 1.29 is 0 Å². The highest BCUT2D eigenvalue weighted by molar-refractivity contribution is 7.80. The zero-order valence-electron chi connectivity index (χ0n) is 14.8. The lowest BCUT2D eigenvalue weighted by Gasteiger charge is -2.38. The molecule has 0 amide bonds. The Kier molecular flexibility index (Phi) is 4.92. The first kappa shape index (κ1) is 17.4. The number of nitrogens with zero attached hydrogens (tertiary/aromatic N) is 4. The summed E-state index contributed by atoms with van der Waals surface area (Å²) in [6.45, 7) is 12.3. The van der Waals surface area contributed by atoms with E-state index in [1.807, 2.05) is 0 Å². The Labute approximate surface area is 153 Å². The molecular formula is C17H25N5S2. The van der Waals surface area contributed by atoms with Gasteiger partial charge in [0.2, 0.25) is 0 Å². The van der Waals surface area contributed by atoms with Crippen LogP contribution in [0.4, 0.5) is 5.82 Å². The summed E-state index contributed by atoms with van der Waals surface area (Å²) in [5, 5.41) is 5.43. The topological polar surface area (TPSA) is 44.3 Å². The molecule has 1 fully saturated rings. The van der Waals surface area contributed by atoms with Gasteiger partial charge in [-0.05, 0) is 45.5 Å². The molecule has 1 saturated heterocycles. The van der Waals surface area contributed by atoms with Crippen LogP contribution < -0.4 is 10.2 Å². The van der Waals surface area contributed by atoms with Gasteiger partial charge in [0.1, 0.15) is 17.0 Å². The third kappa shape index (κ3) is 3.78. The van der Waals surface area contributed by atoms with Crippen LogP contribution in [0, 0.1) is 0 Å². The molecule has 3 heterocycles. The summed E-state index contributed by atoms with van der Waals surface area (Å²) in [5.74, 6) is 1.06. The first-order valence-electron chi connectivity index (χ1n) is 8.43. The van der Waals surface area contributed by atoms with Crippen molar-refractivity contribution in [3.05, 3.63) is 17.3 Å². The number of rotatable bonds is 2. The average Bonchev–Trinajstić information content (AvgIpc) is 2.96. The normalized spacial score (nSPS) is 15.8. The highest BCUT2D eigenvalue weighted by Gasteiger charge is 2.23. The van der Waals surface area contributed by atoms with Gasteiger partial charge >= 0.3 is 0 Å². The van der Waals surface area contributed by atoms with Crippen LogP contribution in [-0.4, -0.2) is 51.7 Å². The quantitative estimate of drug-likeness (QED) is 0.828. The molecule has 130 valence electrons. The molecule has 0 unspecified atom stereocenters. The zero-order chi connectivity index (χ0) is 17.3. The van der Waals surface area contributed by atoms with Gasteiger partial charge in [-0.25, -0.2) is 9.97 Å². The smallest absolute Gasteiger partial charge is 0.169 e. The second-order valence-corrected chi connectivity index (χ2v) is 8.64. The van der Waals surface area contributed by atoms with Crippen LogP contribution >= 0.6 is 23.6 Å². The van der Waals surface area contributed by atoms with Crippen LogP contribution in [0.15, 0.2) is 12.4 Å². The van der Waals surface area contributed by atoms with E-state index in [1.165, 1.54) is 10.3 Å². The van der Waals surface area contributed by atoms with Crippen molar-refractivity contribution in [3.63, 3.8) is 0 Å². The maximum atomic E-state index is 5.55. The van der Waals surface area contributed by atoms with Crippen LogP contribution in [-0.2, 0) is 6.42 Å². The Bertz CT molecular complexity index is 726. The van der Waals surface area contributed by atoms with Crippen LogP contribution in [0.25, 0.3) is 10.2 Å². The molecule has 1 aliphatic heterocycles. The van der Waals surface area contributed by atoms with Crippen molar-refractivity contribution in [1.29, 1.82) is 0 Å². The largest absolute Gasteiger partial charge is 0.358 e. The highest BCUT2D eigenvalue weighted by atomic mass is 32.1. The molecule has 5 nitrogen and oxygen atoms in total. The summed E-state index contributed by atoms with van der Waals surface area (Å²) in [4.78, 5) is 16.0. The van der Waals surface area contributed by atoms with Crippen LogP contribution in [0.2, 0.25) is 0 Å². The standard InChI is InChI=1S/C17H25N5S2/c1-5-12-10-13-14(18-11-19-15(13)24-12)21-6-8-22(9-7-21)16(23)20-17(2,3)4/h10-11H,5-9H2,1-4H3,(H,20,23). The highest BCUT2D eigenvalue weighted by Crippen LogP contribution is 2.30. The minimum Gasteiger partial charge on any atom is -0.358 e. The molecule has 0 radical (unpaired) electrons. The molecule has 0 aromatic carbocycles. The van der Waals surface area contributed by atoms with E-state index in [0.29, 0.717) is 0 Å². The Morgan fingerprint density at radius 3 is 2.58 bits per heavy atom. The average molecular weight is 364 g/mol. The fourth-order valence-corrected chi connectivity index (χ4v) is 4.26. The van der Waals surface area contributed by atoms with Gasteiger partial charge in [0.05, 0.1) is 5.39 Å². The minimum atomic E-state index is 0.000265. The first-order valence-corrected chi connectivity index (χ1v) is 9.65. The fraction of sp³-hybridized carbons (Fsp3) is 0.588. The number of nitrogens with one attached hydrogen (secondary N) is 1. The van der Waals surface area contributed by atoms with Crippen molar-refractivity contribution in [2.24, 2.45) is 0 Å². The molecule has 0 spiro atoms. The Morgan fingerprint density at radius 2 is 1.96 bits per heavy atom. The van der Waals surface area contributed by atoms with E-state index in [2.05, 4.69) is 58.8 Å². The van der Waals surface area contributed by atoms with Crippen molar-refractivity contribution in [3.8, 4) is 0 Å². The predicted octanol–water partition coefficient (Wildman–Crippen LogP) is 3.05. The molecule has 24 heavy (non-hydrogen) atoms. The lowest BCUT2D eigenvalue weighted by Crippen LogP contribution is -2.55. The number of piperazine rings is 1. The second kappa shape index (κ2) is 6.80. The van der Waals surface area contributed by atoms with E-state index >= 15 is 0 Å². The maximum absolute atomic E-state index is 5.55. The summed E-state index contributed by atoms with van der Waals surface area (Å²) in [6.07, 6.45) is 2.73. The van der Waals surface area contributed by atoms with E-state index in [-0.39, 0.29) is 5.54 Å². The van der Waals surface area contributed by atoms with E-state index in [0.717, 1.165) is 48.4 Å². The van der Waals surface area contributed by atoms with Crippen molar-refractivity contribution >= 4 is 44.7 Å². The molecular weight excluding hydrogens is 338 g/mol. The molecule has 0 aliphatic carbocycles. The molecule has 7 heteroatoms. The lowest BCUT2D eigenvalue weighted by atomic mass is 10.1. The SMILES string of the molecule is CCc1cc2c(N3CCN(C(=S)NC(C)(C)C)CC3)ncnc2s1. The number of fused-ring (bicyclic) bond motifs is 1. The number of thiocarbonyl (C=S) groups is 1. The van der Waals surface area contributed by atoms with Crippen molar-refractivity contribution in [2.45, 2.75) is 39.7 Å². The van der Waals surface area contributed by atoms with E-state index < -0.39 is 0 Å². The van der Waals surface area contributed by atoms with Crippen molar-refractivity contribution in [1.82, 2.24) is 20.2 Å². The van der Waals surface area contributed by atoms with Gasteiger partial charge in [-0.3, -0.25) is 0 Å². The van der Waals surface area contributed by atoms with Gasteiger partial charge in [0.15, 0.2) is 5.11 Å². The van der Waals surface area contributed by atoms with E-state index in [1.54, 1.807) is 17.7 Å².